The monoisotopic (exact) mass is 702 g/mol. The van der Waals surface area contributed by atoms with Crippen LogP contribution in [0.3, 0.4) is 0 Å². The third-order valence-corrected chi connectivity index (χ3v) is 7.92. The van der Waals surface area contributed by atoms with Crippen molar-refractivity contribution in [3.05, 3.63) is 100 Å². The number of carbonyl (C=O) groups is 1. The summed E-state index contributed by atoms with van der Waals surface area (Å²) >= 11 is 1.81. The maximum absolute atomic E-state index is 14.2. The molecule has 0 aliphatic carbocycles. The van der Waals surface area contributed by atoms with E-state index in [-0.39, 0.29) is 22.1 Å². The van der Waals surface area contributed by atoms with Crippen molar-refractivity contribution in [1.29, 1.82) is 0 Å². The van der Waals surface area contributed by atoms with Gasteiger partial charge in [0.15, 0.2) is 15.3 Å². The zero-order valence-electron chi connectivity index (χ0n) is 23.2. The van der Waals surface area contributed by atoms with Crippen LogP contribution in [0.2, 0.25) is 0 Å². The van der Waals surface area contributed by atoms with E-state index in [0.29, 0.717) is 48.9 Å². The lowest BCUT2D eigenvalue weighted by Crippen LogP contribution is -2.42. The van der Waals surface area contributed by atoms with Gasteiger partial charge in [-0.3, -0.25) is 9.78 Å². The Kier molecular flexibility index (Phi) is 7.68. The summed E-state index contributed by atoms with van der Waals surface area (Å²) in [4.78, 5) is 26.5. The highest BCUT2D eigenvalue weighted by Crippen LogP contribution is 2.29. The number of pyridine rings is 1. The lowest BCUT2D eigenvalue weighted by Gasteiger charge is -2.32. The quantitative estimate of drug-likeness (QED) is 0.127. The molecule has 220 valence electrons. The standard InChI is InChI=1S/C31H24FIN8O3/c32-29-23(17-35-31(33)36-29)30(42)40-14-11-20(12-15-40)44-21-6-7-22-25(16-21)34-13-10-26(22)43-18-28-38-37-27-9-8-24(39-41(27)28)19-4-2-1-3-5-19/h1-10,13,16-17,20H,11-12,14-15,18H2. The van der Waals surface area contributed by atoms with Crippen molar-refractivity contribution in [3.63, 3.8) is 0 Å². The average Bonchev–Trinajstić information content (AvgIpc) is 3.46. The third-order valence-electron chi connectivity index (χ3n) is 7.40. The molecule has 0 spiro atoms. The fraction of sp³-hybridized carbons (Fsp3) is 0.194. The number of rotatable bonds is 7. The molecule has 5 heterocycles. The molecule has 0 unspecified atom stereocenters. The van der Waals surface area contributed by atoms with Gasteiger partial charge in [-0.25, -0.2) is 4.98 Å². The lowest BCUT2D eigenvalue weighted by molar-refractivity contribution is 0.0590. The maximum atomic E-state index is 14.2. The Labute approximate surface area is 264 Å². The number of carbonyl (C=O) groups excluding carboxylic acids is 1. The normalized spacial score (nSPS) is 13.8. The fourth-order valence-electron chi connectivity index (χ4n) is 5.15. The van der Waals surface area contributed by atoms with Gasteiger partial charge in [-0.05, 0) is 30.3 Å². The Bertz CT molecular complexity index is 1980. The molecule has 7 rings (SSSR count). The minimum atomic E-state index is -0.802. The van der Waals surface area contributed by atoms with Crippen LogP contribution >= 0.6 is 22.6 Å². The Morgan fingerprint density at radius 1 is 1.00 bits per heavy atom. The van der Waals surface area contributed by atoms with E-state index in [1.165, 1.54) is 6.20 Å². The lowest BCUT2D eigenvalue weighted by atomic mass is 10.1. The SMILES string of the molecule is O=C(c1cnc(I)nc1F)N1CCC(Oc2ccc3c(OCc4nnc5ccc(-c6ccccc6)nn45)ccnc3c2)CC1. The van der Waals surface area contributed by atoms with E-state index in [0.717, 1.165) is 22.2 Å². The highest BCUT2D eigenvalue weighted by atomic mass is 127. The van der Waals surface area contributed by atoms with Crippen LogP contribution in [0.4, 0.5) is 4.39 Å². The van der Waals surface area contributed by atoms with Crippen molar-refractivity contribution in [2.45, 2.75) is 25.6 Å². The summed E-state index contributed by atoms with van der Waals surface area (Å²) in [6, 6.07) is 21.2. The number of nitrogens with zero attached hydrogens (tertiary/aromatic N) is 8. The van der Waals surface area contributed by atoms with Crippen LogP contribution in [0.1, 0.15) is 29.0 Å². The summed E-state index contributed by atoms with van der Waals surface area (Å²) in [5, 5.41) is 14.1. The summed E-state index contributed by atoms with van der Waals surface area (Å²) in [7, 11) is 0. The third kappa shape index (κ3) is 5.74. The minimum Gasteiger partial charge on any atom is -0.490 e. The van der Waals surface area contributed by atoms with Gasteiger partial charge in [0.05, 0.1) is 11.2 Å². The first-order valence-corrected chi connectivity index (χ1v) is 15.0. The molecule has 44 heavy (non-hydrogen) atoms. The first kappa shape index (κ1) is 28.0. The molecule has 1 aliphatic rings. The molecule has 1 amide bonds. The fourth-order valence-corrected chi connectivity index (χ4v) is 5.50. The predicted octanol–water partition coefficient (Wildman–Crippen LogP) is 5.14. The summed E-state index contributed by atoms with van der Waals surface area (Å²) in [5.74, 6) is 0.681. The van der Waals surface area contributed by atoms with E-state index >= 15 is 0 Å². The molecule has 6 aromatic rings. The maximum Gasteiger partial charge on any atom is 0.260 e. The van der Waals surface area contributed by atoms with Gasteiger partial charge in [0, 0.05) is 77.9 Å². The van der Waals surface area contributed by atoms with Crippen LogP contribution in [0, 0.1) is 9.78 Å². The van der Waals surface area contributed by atoms with Crippen LogP contribution in [0.15, 0.2) is 79.1 Å². The van der Waals surface area contributed by atoms with Crippen molar-refractivity contribution in [3.8, 4) is 22.8 Å². The van der Waals surface area contributed by atoms with E-state index in [1.54, 1.807) is 15.6 Å². The number of aromatic nitrogens is 7. The zero-order valence-corrected chi connectivity index (χ0v) is 25.3. The number of piperidine rings is 1. The van der Waals surface area contributed by atoms with Gasteiger partial charge in [0.2, 0.25) is 5.95 Å². The van der Waals surface area contributed by atoms with E-state index < -0.39 is 11.9 Å². The largest absolute Gasteiger partial charge is 0.490 e. The Hall–Kier alpha value is -4.79. The number of hydrogen-bond acceptors (Lipinski definition) is 9. The van der Waals surface area contributed by atoms with E-state index in [2.05, 4.69) is 25.1 Å². The van der Waals surface area contributed by atoms with Crippen LogP contribution < -0.4 is 9.47 Å². The summed E-state index contributed by atoms with van der Waals surface area (Å²) in [6.45, 7) is 1.05. The predicted molar refractivity (Wildman–Crippen MR) is 167 cm³/mol. The molecule has 1 fully saturated rings. The topological polar surface area (TPSA) is 121 Å². The van der Waals surface area contributed by atoms with Gasteiger partial charge in [-0.1, -0.05) is 30.3 Å². The molecule has 11 nitrogen and oxygen atoms in total. The summed E-state index contributed by atoms with van der Waals surface area (Å²) < 4.78 is 28.5. The number of likely N-dealkylation sites (tertiary alicyclic amines) is 1. The second kappa shape index (κ2) is 12.1. The molecule has 0 saturated carbocycles. The van der Waals surface area contributed by atoms with Gasteiger partial charge in [0.1, 0.15) is 29.8 Å². The molecule has 1 saturated heterocycles. The van der Waals surface area contributed by atoms with Crippen molar-refractivity contribution >= 4 is 45.0 Å². The highest BCUT2D eigenvalue weighted by Gasteiger charge is 2.27. The smallest absolute Gasteiger partial charge is 0.260 e. The zero-order chi connectivity index (χ0) is 30.0. The summed E-state index contributed by atoms with van der Waals surface area (Å²) in [6.07, 6.45) is 4.05. The number of hydrogen-bond donors (Lipinski definition) is 0. The van der Waals surface area contributed by atoms with Crippen LogP contribution in [0.25, 0.3) is 27.8 Å². The molecular formula is C31H24FIN8O3. The first-order valence-electron chi connectivity index (χ1n) is 13.9. The number of fused-ring (bicyclic) bond motifs is 2. The number of ether oxygens (including phenoxy) is 2. The number of amides is 1. The van der Waals surface area contributed by atoms with Gasteiger partial charge in [-0.2, -0.15) is 19.0 Å². The molecule has 1 aliphatic heterocycles. The van der Waals surface area contributed by atoms with Gasteiger partial charge in [0.25, 0.3) is 5.91 Å². The van der Waals surface area contributed by atoms with E-state index in [4.69, 9.17) is 14.6 Å². The van der Waals surface area contributed by atoms with Gasteiger partial charge < -0.3 is 14.4 Å². The van der Waals surface area contributed by atoms with E-state index in [9.17, 15) is 9.18 Å². The average molecular weight is 702 g/mol. The van der Waals surface area contributed by atoms with Crippen LogP contribution in [-0.4, -0.2) is 64.8 Å². The van der Waals surface area contributed by atoms with E-state index in [1.807, 2.05) is 89.3 Å². The second-order valence-electron chi connectivity index (χ2n) is 10.2. The van der Waals surface area contributed by atoms with Crippen molar-refractivity contribution in [2.24, 2.45) is 0 Å². The van der Waals surface area contributed by atoms with Gasteiger partial charge in [-0.15, -0.1) is 10.2 Å². The molecule has 4 aromatic heterocycles. The first-order chi connectivity index (χ1) is 21.5. The van der Waals surface area contributed by atoms with Crippen molar-refractivity contribution in [1.82, 2.24) is 39.7 Å². The van der Waals surface area contributed by atoms with Crippen molar-refractivity contribution in [2.75, 3.05) is 13.1 Å². The molecule has 2 aromatic carbocycles. The molecule has 0 radical (unpaired) electrons. The molecule has 0 bridgehead atoms. The van der Waals surface area contributed by atoms with Gasteiger partial charge >= 0.3 is 0 Å². The molecule has 0 N–H and O–H groups in total. The summed E-state index contributed by atoms with van der Waals surface area (Å²) in [5.41, 5.74) is 3.05. The number of benzene rings is 2. The molecule has 0 atom stereocenters. The Morgan fingerprint density at radius 3 is 2.66 bits per heavy atom. The van der Waals surface area contributed by atoms with Crippen LogP contribution in [-0.2, 0) is 6.61 Å². The molecule has 13 heteroatoms. The number of halogens is 2. The highest BCUT2D eigenvalue weighted by molar-refractivity contribution is 14.1. The molecular weight excluding hydrogens is 678 g/mol. The Balaban J connectivity index is 1.01. The second-order valence-corrected chi connectivity index (χ2v) is 11.2. The van der Waals surface area contributed by atoms with Crippen LogP contribution in [0.5, 0.6) is 11.5 Å². The van der Waals surface area contributed by atoms with Crippen molar-refractivity contribution < 1.29 is 18.7 Å². The minimum absolute atomic E-state index is 0.0942. The Morgan fingerprint density at radius 2 is 1.84 bits per heavy atom.